The Morgan fingerprint density at radius 3 is 2.35 bits per heavy atom. The average molecular weight is 1100 g/mol. The van der Waals surface area contributed by atoms with Crippen LogP contribution in [0.15, 0.2) is 72.8 Å². The third kappa shape index (κ3) is 12.3. The molecule has 5 heterocycles. The molecule has 0 saturated carbocycles. The van der Waals surface area contributed by atoms with Crippen LogP contribution in [0.1, 0.15) is 112 Å². The second kappa shape index (κ2) is 22.8. The second-order valence-corrected chi connectivity index (χ2v) is 22.9. The molecule has 4 aliphatic heterocycles. The Labute approximate surface area is 445 Å². The second-order valence-electron chi connectivity index (χ2n) is 20.2. The van der Waals surface area contributed by atoms with E-state index in [1.165, 1.54) is 34.1 Å². The van der Waals surface area contributed by atoms with Gasteiger partial charge in [0.05, 0.1) is 35.7 Å². The van der Waals surface area contributed by atoms with Gasteiger partial charge < -0.3 is 39.9 Å². The minimum absolute atomic E-state index is 0.00398. The lowest BCUT2D eigenvalue weighted by atomic mass is 9.85. The summed E-state index contributed by atoms with van der Waals surface area (Å²) in [5, 5.41) is 7.80. The van der Waals surface area contributed by atoms with E-state index >= 15 is 0 Å². The number of carbonyl (C=O) groups excluding carboxylic acids is 9. The summed E-state index contributed by atoms with van der Waals surface area (Å²) in [7, 11) is -5.87. The fraction of sp³-hybridized carbons (Fsp3) is 0.415. The van der Waals surface area contributed by atoms with Gasteiger partial charge >= 0.3 is 13.3 Å². The number of morpholine rings is 1. The van der Waals surface area contributed by atoms with Gasteiger partial charge in [-0.25, -0.2) is 0 Å². The molecule has 4 atom stereocenters. The number of nitrogens with zero attached hydrogens (tertiary/aromatic N) is 4. The van der Waals surface area contributed by atoms with Crippen molar-refractivity contribution < 1.29 is 71.0 Å². The van der Waals surface area contributed by atoms with Crippen LogP contribution >= 0.6 is 18.9 Å². The Kier molecular flexibility index (Phi) is 16.6. The van der Waals surface area contributed by atoms with E-state index in [1.54, 1.807) is 31.7 Å². The van der Waals surface area contributed by atoms with Gasteiger partial charge in [-0.1, -0.05) is 69.0 Å². The number of fused-ring (bicyclic) bond motifs is 2. The molecular formula is C53H56F2N7O13PS. The van der Waals surface area contributed by atoms with Gasteiger partial charge in [0.2, 0.25) is 35.4 Å². The Morgan fingerprint density at radius 2 is 1.64 bits per heavy atom. The van der Waals surface area contributed by atoms with Crippen LogP contribution in [-0.4, -0.2) is 147 Å². The molecule has 1 aromatic heterocycles. The molecule has 4 aromatic rings. The Bertz CT molecular complexity index is 3170. The zero-order valence-electron chi connectivity index (χ0n) is 42.2. The molecule has 0 radical (unpaired) electrons. The number of rotatable bonds is 14. The summed E-state index contributed by atoms with van der Waals surface area (Å²) >= 11 is 0.915. The first-order valence-corrected chi connectivity index (χ1v) is 27.3. The van der Waals surface area contributed by atoms with Gasteiger partial charge in [-0.3, -0.25) is 57.9 Å². The van der Waals surface area contributed by atoms with Crippen LogP contribution < -0.4 is 16.0 Å². The van der Waals surface area contributed by atoms with Crippen LogP contribution in [0.25, 0.3) is 10.1 Å². The molecular weight excluding hydrogens is 1040 g/mol. The number of unbranched alkanes of at least 4 members (excludes halogenated alkanes) is 2. The molecule has 1 unspecified atom stereocenters. The van der Waals surface area contributed by atoms with E-state index in [1.807, 2.05) is 30.3 Å². The summed E-state index contributed by atoms with van der Waals surface area (Å²) in [4.78, 5) is 144. The number of ether oxygens (including phenoxy) is 1. The number of benzene rings is 3. The Morgan fingerprint density at radius 1 is 0.896 bits per heavy atom. The number of piperazine rings is 1. The lowest BCUT2D eigenvalue weighted by molar-refractivity contribution is -0.158. The van der Waals surface area contributed by atoms with E-state index in [9.17, 15) is 66.3 Å². The fourth-order valence-corrected chi connectivity index (χ4v) is 11.0. The van der Waals surface area contributed by atoms with Gasteiger partial charge in [-0.15, -0.1) is 11.3 Å². The fourth-order valence-electron chi connectivity index (χ4n) is 9.53. The number of nitrogens with one attached hydrogen (secondary N) is 3. The van der Waals surface area contributed by atoms with Gasteiger partial charge in [0.1, 0.15) is 30.7 Å². The highest BCUT2D eigenvalue weighted by Crippen LogP contribution is 2.59. The molecule has 3 aromatic carbocycles. The summed E-state index contributed by atoms with van der Waals surface area (Å²) in [5.41, 5.74) is -4.83. The van der Waals surface area contributed by atoms with Gasteiger partial charge in [0.25, 0.3) is 17.7 Å². The smallest absolute Gasteiger partial charge is 0.370 e. The van der Waals surface area contributed by atoms with Crippen LogP contribution in [0.3, 0.4) is 0 Å². The van der Waals surface area contributed by atoms with E-state index in [0.717, 1.165) is 33.9 Å². The van der Waals surface area contributed by atoms with Crippen molar-refractivity contribution in [2.75, 3.05) is 45.9 Å². The maximum absolute atomic E-state index is 14.8. The number of imide groups is 2. The summed E-state index contributed by atoms with van der Waals surface area (Å²) in [5.74, 6) is 0.554. The predicted octanol–water partition coefficient (Wildman–Crippen LogP) is 4.04. The van der Waals surface area contributed by atoms with Crippen molar-refractivity contribution in [3.8, 4) is 11.8 Å². The van der Waals surface area contributed by atoms with Crippen LogP contribution in [0.5, 0.6) is 0 Å². The van der Waals surface area contributed by atoms with Gasteiger partial charge in [0, 0.05) is 54.8 Å². The largest absolute Gasteiger partial charge is 0.399 e. The number of alkyl halides is 2. The van der Waals surface area contributed by atoms with E-state index in [-0.39, 0.29) is 80.1 Å². The molecule has 0 bridgehead atoms. The lowest BCUT2D eigenvalue weighted by Gasteiger charge is -2.45. The molecule has 20 nitrogen and oxygen atoms in total. The van der Waals surface area contributed by atoms with Crippen molar-refractivity contribution in [1.82, 2.24) is 35.6 Å². The zero-order valence-corrected chi connectivity index (χ0v) is 43.9. The first kappa shape index (κ1) is 56.0. The van der Waals surface area contributed by atoms with Crippen molar-refractivity contribution in [3.05, 3.63) is 105 Å². The number of halogens is 2. The quantitative estimate of drug-likeness (QED) is 0.0393. The van der Waals surface area contributed by atoms with E-state index in [2.05, 4.69) is 27.8 Å². The summed E-state index contributed by atoms with van der Waals surface area (Å²) < 4.78 is 47.1. The number of hydrogen-bond acceptors (Lipinski definition) is 12. The number of amides is 9. The van der Waals surface area contributed by atoms with Crippen molar-refractivity contribution in [1.29, 1.82) is 0 Å². The van der Waals surface area contributed by atoms with Crippen molar-refractivity contribution in [2.45, 2.75) is 89.2 Å². The molecule has 4 aliphatic rings. The summed E-state index contributed by atoms with van der Waals surface area (Å²) in [6.45, 7) is 5.39. The standard InChI is InChI=1S/C53H56F2N7O13PS/c1-52(2,3)45(58-47(67)41-27-33-26-34(15-18-40(33)77-41)53(54,55)76(72,73)74)51(71)61-22-21-59(29-38(61)50(70)60-23-24-75-39(30-60)32-12-8-6-9-13-32)44(65)28-43(64)56-20-10-5-4-7-11-31-14-16-35-36(25-31)49(69)62(48(35)68)37-17-19-42(63)57-46(37)66/h6,8-9,12-16,18,25-27,37-39,45H,4-5,10,17,19-24,28-30H2,1-3H3,(H,56,64)(H,58,67)(H,57,63,66)(H2,72,73,74)/t37?,38-,39-,45+/m0/s1. The van der Waals surface area contributed by atoms with E-state index in [0.29, 0.717) is 29.5 Å². The molecule has 3 fully saturated rings. The topological polar surface area (TPSA) is 269 Å². The van der Waals surface area contributed by atoms with Crippen LogP contribution in [0.4, 0.5) is 8.78 Å². The van der Waals surface area contributed by atoms with Crippen LogP contribution in [0.2, 0.25) is 0 Å². The zero-order chi connectivity index (χ0) is 55.6. The number of piperidine rings is 1. The number of hydrogen-bond donors (Lipinski definition) is 5. The first-order chi connectivity index (χ1) is 36.4. The monoisotopic (exact) mass is 1100 g/mol. The SMILES string of the molecule is CC(C)(C)[C@H](NC(=O)c1cc2cc(C(F)(F)P(=O)(O)O)ccc2s1)C(=O)N1CCN(C(=O)CC(=O)NCCCCC#Cc2ccc3c(c2)C(=O)N(C2CCC(=O)NC2=O)C3=O)C[C@H]1C(=O)N1CCO[C@H](c2ccccc2)C1. The predicted molar refractivity (Wildman–Crippen MR) is 274 cm³/mol. The molecule has 0 spiro atoms. The number of carbonyl (C=O) groups is 9. The van der Waals surface area contributed by atoms with Gasteiger partial charge in [-0.05, 0) is 72.0 Å². The third-order valence-corrected chi connectivity index (χ3v) is 15.8. The minimum Gasteiger partial charge on any atom is -0.370 e. The van der Waals surface area contributed by atoms with Crippen LogP contribution in [-0.2, 0) is 43.7 Å². The maximum atomic E-state index is 14.8. The first-order valence-electron chi connectivity index (χ1n) is 24.9. The Balaban J connectivity index is 0.889. The molecule has 3 saturated heterocycles. The summed E-state index contributed by atoms with van der Waals surface area (Å²) in [6, 6.07) is 14.5. The lowest BCUT2D eigenvalue weighted by Crippen LogP contribution is -2.66. The normalized spacial score (nSPS) is 19.5. The number of thiophene rings is 1. The van der Waals surface area contributed by atoms with Crippen LogP contribution in [0, 0.1) is 17.3 Å². The van der Waals surface area contributed by atoms with Gasteiger partial charge in [0.15, 0.2) is 0 Å². The van der Waals surface area contributed by atoms with Crippen molar-refractivity contribution >= 4 is 82.2 Å². The summed E-state index contributed by atoms with van der Waals surface area (Å²) in [6.07, 6.45) is 0.485. The maximum Gasteiger partial charge on any atom is 0.399 e. The highest BCUT2D eigenvalue weighted by Gasteiger charge is 2.51. The van der Waals surface area contributed by atoms with E-state index < -0.39 is 108 Å². The average Bonchev–Trinajstić information content (AvgIpc) is 3.95. The highest BCUT2D eigenvalue weighted by molar-refractivity contribution is 7.52. The molecule has 24 heteroatoms. The highest BCUT2D eigenvalue weighted by atomic mass is 32.1. The molecule has 9 amide bonds. The molecule has 406 valence electrons. The molecule has 0 aliphatic carbocycles. The van der Waals surface area contributed by atoms with Crippen molar-refractivity contribution in [2.24, 2.45) is 5.41 Å². The third-order valence-electron chi connectivity index (χ3n) is 13.7. The molecule has 8 rings (SSSR count). The molecule has 77 heavy (non-hydrogen) atoms. The molecule has 5 N–H and O–H groups in total. The van der Waals surface area contributed by atoms with Gasteiger partial charge in [-0.2, -0.15) is 8.78 Å². The van der Waals surface area contributed by atoms with Crippen molar-refractivity contribution in [3.63, 3.8) is 0 Å². The van der Waals surface area contributed by atoms with E-state index in [4.69, 9.17) is 4.74 Å². The Hall–Kier alpha value is -7.22. The minimum atomic E-state index is -5.87.